The maximum Gasteiger partial charge on any atom is 0.407 e. The average Bonchev–Trinajstić information content (AvgIpc) is 4.06. The molecule has 4 heterocycles. The number of carbonyl (C=O) groups is 4. The number of ether oxygens (including phenoxy) is 2. The largest absolute Gasteiger partial charge is 0.453 e. The number of hydrogen-bond donors (Lipinski definition) is 4. The Balaban J connectivity index is 1.06. The molecule has 6 atom stereocenters. The van der Waals surface area contributed by atoms with Crippen molar-refractivity contribution in [1.82, 2.24) is 40.4 Å². The molecule has 2 aromatic heterocycles. The Hall–Kier alpha value is -5.89. The van der Waals surface area contributed by atoms with Crippen molar-refractivity contribution in [3.63, 3.8) is 0 Å². The highest BCUT2D eigenvalue weighted by Crippen LogP contribution is 2.40. The van der Waals surface area contributed by atoms with Crippen LogP contribution in [0.25, 0.3) is 44.4 Å². The first-order chi connectivity index (χ1) is 29.2. The summed E-state index contributed by atoms with van der Waals surface area (Å²) in [6, 6.07) is 18.7. The number of aromatic amines is 2. The molecule has 2 aliphatic heterocycles. The maximum atomic E-state index is 13.8. The number of likely N-dealkylation sites (tertiary alicyclic amines) is 2. The van der Waals surface area contributed by atoms with Crippen LogP contribution in [0.5, 0.6) is 0 Å². The van der Waals surface area contributed by atoms with Crippen molar-refractivity contribution >= 4 is 46.4 Å². The zero-order chi connectivity index (χ0) is 43.7. The number of hydrogen-bond acceptors (Lipinski definition) is 8. The van der Waals surface area contributed by atoms with E-state index in [-0.39, 0.29) is 47.8 Å². The fourth-order valence-corrected chi connectivity index (χ4v) is 9.01. The Morgan fingerprint density at radius 3 is 1.67 bits per heavy atom. The van der Waals surface area contributed by atoms with Crippen LogP contribution >= 0.6 is 11.6 Å². The maximum absolute atomic E-state index is 13.8. The van der Waals surface area contributed by atoms with Gasteiger partial charge in [0.1, 0.15) is 23.7 Å². The molecule has 322 valence electrons. The number of alkyl carbamates (subject to hydrolysis) is 2. The van der Waals surface area contributed by atoms with E-state index in [1.165, 1.54) is 14.2 Å². The molecule has 4 amide bonds. The second kappa shape index (κ2) is 18.0. The number of aromatic nitrogens is 4. The molecular weight excluding hydrogens is 796 g/mol. The molecule has 15 heteroatoms. The van der Waals surface area contributed by atoms with Gasteiger partial charge in [-0.2, -0.15) is 0 Å². The lowest BCUT2D eigenvalue weighted by atomic mass is 9.98. The number of imidazole rings is 2. The summed E-state index contributed by atoms with van der Waals surface area (Å²) in [4.78, 5) is 71.8. The molecule has 4 N–H and O–H groups in total. The Bertz CT molecular complexity index is 2410. The monoisotopic (exact) mass is 850 g/mol. The van der Waals surface area contributed by atoms with Crippen molar-refractivity contribution in [1.29, 1.82) is 0 Å². The second-order valence-corrected chi connectivity index (χ2v) is 17.3. The van der Waals surface area contributed by atoms with Gasteiger partial charge in [-0.25, -0.2) is 19.6 Å². The summed E-state index contributed by atoms with van der Waals surface area (Å²) in [6.45, 7) is 11.6. The van der Waals surface area contributed by atoms with Crippen molar-refractivity contribution in [2.24, 2.45) is 11.8 Å². The first kappa shape index (κ1) is 43.2. The van der Waals surface area contributed by atoms with Crippen LogP contribution in [0.4, 0.5) is 9.59 Å². The summed E-state index contributed by atoms with van der Waals surface area (Å²) < 4.78 is 9.58. The fourth-order valence-electron chi connectivity index (χ4n) is 8.76. The molecule has 2 saturated heterocycles. The molecular formula is C46H55ClN8O6. The smallest absolute Gasteiger partial charge is 0.407 e. The topological polar surface area (TPSA) is 175 Å². The third kappa shape index (κ3) is 8.81. The van der Waals surface area contributed by atoms with Gasteiger partial charge in [-0.3, -0.25) is 9.59 Å². The normalized spacial score (nSPS) is 20.0. The molecule has 0 saturated carbocycles. The summed E-state index contributed by atoms with van der Waals surface area (Å²) in [5.41, 5.74) is 5.47. The molecule has 0 aliphatic carbocycles. The van der Waals surface area contributed by atoms with Crippen LogP contribution in [-0.2, 0) is 19.1 Å². The Labute approximate surface area is 361 Å². The highest BCUT2D eigenvalue weighted by Gasteiger charge is 2.43. The second-order valence-electron chi connectivity index (χ2n) is 16.9. The number of benzene rings is 3. The van der Waals surface area contributed by atoms with Gasteiger partial charge in [0.2, 0.25) is 11.8 Å². The molecule has 2 aliphatic rings. The van der Waals surface area contributed by atoms with Crippen LogP contribution < -0.4 is 10.6 Å². The van der Waals surface area contributed by atoms with Gasteiger partial charge in [0.05, 0.1) is 43.9 Å². The van der Waals surface area contributed by atoms with E-state index < -0.39 is 24.3 Å². The number of fused-ring (bicyclic) bond motifs is 1. The third-order valence-corrected chi connectivity index (χ3v) is 12.5. The summed E-state index contributed by atoms with van der Waals surface area (Å²) in [6.07, 6.45) is 3.64. The summed E-state index contributed by atoms with van der Waals surface area (Å²) >= 11 is 6.74. The van der Waals surface area contributed by atoms with E-state index >= 15 is 0 Å². The molecule has 0 bridgehead atoms. The van der Waals surface area contributed by atoms with Crippen LogP contribution in [0.3, 0.4) is 0 Å². The Morgan fingerprint density at radius 2 is 1.15 bits per heavy atom. The summed E-state index contributed by atoms with van der Waals surface area (Å²) in [5.74, 6) is 0.730. The number of nitrogens with zero attached hydrogens (tertiary/aromatic N) is 4. The standard InChI is InChI=1S/C46H55ClN8O6/c1-24(2)37(51-45(58)60-7)43(56)54-26(5)9-19-35(54)41-48-23-34(49-41)33-18-17-31-21-30(15-16-32(31)22-33)28-11-13-29(14-12-28)39-40(47)53-42(50-39)36-20-10-27(6)55(36)44(57)38(25(3)4)52-46(59)61-8/h11-18,21-27,35-38H,9-10,19-20H2,1-8H3,(H,48,49)(H,50,53)(H,51,58)(H,52,59)/t26-,27-,35-,36-,37-,38-/m0/s1. The first-order valence-electron chi connectivity index (χ1n) is 21.0. The van der Waals surface area contributed by atoms with E-state index in [9.17, 15) is 19.2 Å². The van der Waals surface area contributed by atoms with Crippen LogP contribution in [0.2, 0.25) is 5.15 Å². The molecule has 0 unspecified atom stereocenters. The molecule has 0 spiro atoms. The number of H-pyrrole nitrogens is 2. The molecule has 61 heavy (non-hydrogen) atoms. The fraction of sp³-hybridized carbons (Fsp3) is 0.435. The highest BCUT2D eigenvalue weighted by atomic mass is 35.5. The van der Waals surface area contributed by atoms with Gasteiger partial charge in [-0.1, -0.05) is 87.8 Å². The van der Waals surface area contributed by atoms with E-state index in [1.807, 2.05) is 69.7 Å². The Morgan fingerprint density at radius 1 is 0.672 bits per heavy atom. The average molecular weight is 851 g/mol. The molecule has 14 nitrogen and oxygen atoms in total. The lowest BCUT2D eigenvalue weighted by Crippen LogP contribution is -2.52. The van der Waals surface area contributed by atoms with Crippen molar-refractivity contribution in [2.45, 2.75) is 103 Å². The predicted octanol–water partition coefficient (Wildman–Crippen LogP) is 8.81. The molecule has 7 rings (SSSR count). The number of rotatable bonds is 11. The SMILES string of the molecule is COC(=O)N[C@H](C(=O)N1[C@@H](C)CC[C@H]1c1ncc(-c2ccc3cc(-c4ccc(-c5[nH]c([C@@H]6CC[C@H](C)N6C(=O)[C@@H](NC(=O)OC)C(C)C)nc5Cl)cc4)ccc3c2)[nH]1)C(C)C. The van der Waals surface area contributed by atoms with Crippen LogP contribution in [0.15, 0.2) is 66.9 Å². The van der Waals surface area contributed by atoms with E-state index in [4.69, 9.17) is 26.1 Å². The van der Waals surface area contributed by atoms with Crippen LogP contribution in [0, 0.1) is 11.8 Å². The molecule has 0 radical (unpaired) electrons. The predicted molar refractivity (Wildman–Crippen MR) is 234 cm³/mol. The lowest BCUT2D eigenvalue weighted by molar-refractivity contribution is -0.138. The van der Waals surface area contributed by atoms with Gasteiger partial charge in [0, 0.05) is 23.2 Å². The minimum absolute atomic E-state index is 0.00700. The van der Waals surface area contributed by atoms with Crippen molar-refractivity contribution in [2.75, 3.05) is 14.2 Å². The van der Waals surface area contributed by atoms with E-state index in [0.29, 0.717) is 23.1 Å². The van der Waals surface area contributed by atoms with Gasteiger partial charge < -0.3 is 39.9 Å². The van der Waals surface area contributed by atoms with Gasteiger partial charge in [0.25, 0.3) is 0 Å². The number of methoxy groups -OCH3 is 2. The van der Waals surface area contributed by atoms with Gasteiger partial charge >= 0.3 is 12.2 Å². The minimum Gasteiger partial charge on any atom is -0.453 e. The minimum atomic E-state index is -0.740. The summed E-state index contributed by atoms with van der Waals surface area (Å²) in [5, 5.41) is 7.90. The van der Waals surface area contributed by atoms with Crippen LogP contribution in [0.1, 0.15) is 91.0 Å². The molecule has 2 fully saturated rings. The van der Waals surface area contributed by atoms with Crippen molar-refractivity contribution in [3.05, 3.63) is 83.7 Å². The van der Waals surface area contributed by atoms with Crippen molar-refractivity contribution < 1.29 is 28.7 Å². The van der Waals surface area contributed by atoms with E-state index in [2.05, 4.69) is 74.1 Å². The van der Waals surface area contributed by atoms with Gasteiger partial charge in [-0.15, -0.1) is 0 Å². The van der Waals surface area contributed by atoms with Gasteiger partial charge in [-0.05, 0) is 85.4 Å². The molecule has 3 aromatic carbocycles. The zero-order valence-corrected chi connectivity index (χ0v) is 36.7. The number of nitrogens with one attached hydrogen (secondary N) is 4. The summed E-state index contributed by atoms with van der Waals surface area (Å²) in [7, 11) is 2.57. The number of carbonyl (C=O) groups excluding carboxylic acids is 4. The van der Waals surface area contributed by atoms with Crippen molar-refractivity contribution in [3.8, 4) is 33.6 Å². The molecule has 5 aromatic rings. The third-order valence-electron chi connectivity index (χ3n) is 12.2. The first-order valence-corrected chi connectivity index (χ1v) is 21.3. The lowest BCUT2D eigenvalue weighted by Gasteiger charge is -2.32. The highest BCUT2D eigenvalue weighted by molar-refractivity contribution is 6.32. The van der Waals surface area contributed by atoms with E-state index in [0.717, 1.165) is 63.8 Å². The Kier molecular flexibility index (Phi) is 12.7. The van der Waals surface area contributed by atoms with Gasteiger partial charge in [0.15, 0.2) is 5.15 Å². The zero-order valence-electron chi connectivity index (χ0n) is 35.9. The number of amides is 4. The quantitative estimate of drug-likeness (QED) is 0.102. The van der Waals surface area contributed by atoms with E-state index in [1.54, 1.807) is 0 Å². The van der Waals surface area contributed by atoms with Crippen LogP contribution in [-0.4, -0.2) is 92.1 Å². The number of halogens is 1.